The maximum Gasteiger partial charge on any atom is 0.417 e. The normalized spacial score (nSPS) is 21.0. The van der Waals surface area contributed by atoms with Crippen LogP contribution in [-0.2, 0) is 22.2 Å². The number of hydrogen-bond acceptors (Lipinski definition) is 7. The molecule has 0 bridgehead atoms. The molecule has 238 valence electrons. The van der Waals surface area contributed by atoms with Crippen molar-refractivity contribution in [2.45, 2.75) is 69.9 Å². The zero-order valence-corrected chi connectivity index (χ0v) is 26.3. The second-order valence-electron chi connectivity index (χ2n) is 12.5. The highest BCUT2D eigenvalue weighted by atomic mass is 32.2. The van der Waals surface area contributed by atoms with Gasteiger partial charge in [-0.2, -0.15) is 18.2 Å². The first-order chi connectivity index (χ1) is 20.6. The number of carbonyl (C=O) groups is 1. The Hall–Kier alpha value is -3.32. The first kappa shape index (κ1) is 32.1. The minimum Gasteiger partial charge on any atom is -0.444 e. The fourth-order valence-corrected chi connectivity index (χ4v) is 7.42. The number of halogens is 4. The number of amides is 1. The van der Waals surface area contributed by atoms with Gasteiger partial charge >= 0.3 is 18.0 Å². The minimum atomic E-state index is -4.76. The third kappa shape index (κ3) is 6.26. The van der Waals surface area contributed by atoms with Gasteiger partial charge in [0.1, 0.15) is 17.2 Å². The Kier molecular flexibility index (Phi) is 8.67. The van der Waals surface area contributed by atoms with Gasteiger partial charge in [0.2, 0.25) is 0 Å². The lowest BCUT2D eigenvalue weighted by atomic mass is 9.96. The zero-order chi connectivity index (χ0) is 32.1. The van der Waals surface area contributed by atoms with Crippen molar-refractivity contribution < 1.29 is 31.8 Å². The van der Waals surface area contributed by atoms with Gasteiger partial charge in [0.25, 0.3) is 0 Å². The van der Waals surface area contributed by atoms with E-state index in [9.17, 15) is 27.2 Å². The molecule has 2 aliphatic rings. The Bertz CT molecular complexity index is 1610. The lowest BCUT2D eigenvalue weighted by molar-refractivity contribution is -0.137. The first-order valence-electron chi connectivity index (χ1n) is 14.4. The molecule has 44 heavy (non-hydrogen) atoms. The van der Waals surface area contributed by atoms with Crippen LogP contribution in [0.3, 0.4) is 0 Å². The molecule has 2 aliphatic heterocycles. The predicted molar refractivity (Wildman–Crippen MR) is 162 cm³/mol. The standard InChI is InChI=1S/C31H36F4N4O4S/c1-17-12-37(13-18(2)39(17)29(41)43-30(3,4)5)27-22-11-23(31(33,34)35)24(20-7-9-21(32)10-8-20)26-25(22)38(28(40)36-27)14-19(15-42-6)16-44-26/h7-11,17-19H,12-16H2,1-6H3/t17-,18+,19?. The molecular formula is C31H36F4N4O4S. The van der Waals surface area contributed by atoms with Gasteiger partial charge in [0, 0.05) is 54.3 Å². The summed E-state index contributed by atoms with van der Waals surface area (Å²) in [6.07, 6.45) is -5.25. The van der Waals surface area contributed by atoms with E-state index in [4.69, 9.17) is 9.47 Å². The molecule has 0 radical (unpaired) electrons. The second-order valence-corrected chi connectivity index (χ2v) is 13.5. The van der Waals surface area contributed by atoms with Gasteiger partial charge in [-0.3, -0.25) is 9.47 Å². The summed E-state index contributed by atoms with van der Waals surface area (Å²) < 4.78 is 70.8. The van der Waals surface area contributed by atoms with Crippen molar-refractivity contribution in [1.82, 2.24) is 14.5 Å². The second kappa shape index (κ2) is 11.9. The third-order valence-corrected chi connectivity index (χ3v) is 9.09. The smallest absolute Gasteiger partial charge is 0.417 e. The molecule has 13 heteroatoms. The number of piperazine rings is 1. The lowest BCUT2D eigenvalue weighted by Crippen LogP contribution is -2.59. The predicted octanol–water partition coefficient (Wildman–Crippen LogP) is 6.42. The quantitative estimate of drug-likeness (QED) is 0.306. The molecule has 0 aliphatic carbocycles. The molecule has 1 saturated heterocycles. The van der Waals surface area contributed by atoms with Crippen LogP contribution in [-0.4, -0.2) is 70.8 Å². The third-order valence-electron chi connectivity index (χ3n) is 7.77. The van der Waals surface area contributed by atoms with E-state index in [1.54, 1.807) is 30.6 Å². The molecular weight excluding hydrogens is 600 g/mol. The van der Waals surface area contributed by atoms with Crippen LogP contribution in [0.15, 0.2) is 40.0 Å². The Morgan fingerprint density at radius 1 is 1.07 bits per heavy atom. The van der Waals surface area contributed by atoms with E-state index >= 15 is 0 Å². The van der Waals surface area contributed by atoms with Crippen LogP contribution in [0, 0.1) is 11.7 Å². The van der Waals surface area contributed by atoms with Crippen molar-refractivity contribution in [1.29, 1.82) is 0 Å². The van der Waals surface area contributed by atoms with Crippen molar-refractivity contribution >= 4 is 34.6 Å². The van der Waals surface area contributed by atoms with Crippen LogP contribution in [0.1, 0.15) is 40.2 Å². The maximum absolute atomic E-state index is 14.9. The number of methoxy groups -OCH3 is 1. The van der Waals surface area contributed by atoms with Gasteiger partial charge < -0.3 is 14.4 Å². The summed E-state index contributed by atoms with van der Waals surface area (Å²) in [5, 5.41) is 0.188. The van der Waals surface area contributed by atoms with Gasteiger partial charge in [0.15, 0.2) is 0 Å². The van der Waals surface area contributed by atoms with E-state index in [0.29, 0.717) is 17.9 Å². The zero-order valence-electron chi connectivity index (χ0n) is 25.5. The van der Waals surface area contributed by atoms with E-state index in [0.717, 1.165) is 18.2 Å². The van der Waals surface area contributed by atoms with Gasteiger partial charge in [-0.1, -0.05) is 12.1 Å². The Balaban J connectivity index is 1.72. The fourth-order valence-electron chi connectivity index (χ4n) is 6.09. The van der Waals surface area contributed by atoms with Crippen molar-refractivity contribution in [2.75, 3.05) is 37.5 Å². The molecule has 1 unspecified atom stereocenters. The summed E-state index contributed by atoms with van der Waals surface area (Å²) in [4.78, 5) is 34.8. The molecule has 1 fully saturated rings. The molecule has 0 N–H and O–H groups in total. The van der Waals surface area contributed by atoms with Gasteiger partial charge in [-0.05, 0) is 58.4 Å². The molecule has 3 aromatic rings. The average molecular weight is 637 g/mol. The van der Waals surface area contributed by atoms with E-state index in [2.05, 4.69) is 4.98 Å². The van der Waals surface area contributed by atoms with Crippen LogP contribution in [0.4, 0.5) is 28.2 Å². The first-order valence-corrected chi connectivity index (χ1v) is 15.4. The number of nitrogens with zero attached hydrogens (tertiary/aromatic N) is 4. The number of rotatable bonds is 4. The fraction of sp³-hybridized carbons (Fsp3) is 0.516. The molecule has 0 saturated carbocycles. The Morgan fingerprint density at radius 3 is 2.27 bits per heavy atom. The lowest BCUT2D eigenvalue weighted by Gasteiger charge is -2.45. The van der Waals surface area contributed by atoms with Crippen LogP contribution < -0.4 is 10.6 Å². The number of aromatic nitrogens is 2. The highest BCUT2D eigenvalue weighted by Gasteiger charge is 2.40. The largest absolute Gasteiger partial charge is 0.444 e. The van der Waals surface area contributed by atoms with E-state index in [1.807, 2.05) is 13.8 Å². The molecule has 2 aromatic carbocycles. The minimum absolute atomic E-state index is 0.102. The molecule has 0 spiro atoms. The highest BCUT2D eigenvalue weighted by Crippen LogP contribution is 2.48. The summed E-state index contributed by atoms with van der Waals surface area (Å²) >= 11 is 1.23. The van der Waals surface area contributed by atoms with E-state index in [-0.39, 0.29) is 64.9 Å². The van der Waals surface area contributed by atoms with E-state index < -0.39 is 34.9 Å². The van der Waals surface area contributed by atoms with Crippen LogP contribution >= 0.6 is 11.8 Å². The van der Waals surface area contributed by atoms with Gasteiger partial charge in [0.05, 0.1) is 29.8 Å². The van der Waals surface area contributed by atoms with Crippen molar-refractivity contribution in [2.24, 2.45) is 5.92 Å². The number of alkyl halides is 3. The number of carbonyl (C=O) groups excluding carboxylic acids is 1. The van der Waals surface area contributed by atoms with Crippen LogP contribution in [0.2, 0.25) is 0 Å². The number of benzene rings is 2. The van der Waals surface area contributed by atoms with Crippen molar-refractivity contribution in [3.05, 3.63) is 52.2 Å². The summed E-state index contributed by atoms with van der Waals surface area (Å²) in [6, 6.07) is 5.18. The van der Waals surface area contributed by atoms with Crippen LogP contribution in [0.25, 0.3) is 22.0 Å². The molecule has 1 aromatic heterocycles. The SMILES string of the molecule is COCC1CSc2c(-c3ccc(F)cc3)c(C(F)(F)F)cc3c(N4C[C@@H](C)N(C(=O)OC(C)(C)C)[C@@H](C)C4)nc(=O)n(c23)C1. The van der Waals surface area contributed by atoms with Crippen molar-refractivity contribution in [3.63, 3.8) is 0 Å². The van der Waals surface area contributed by atoms with Crippen LogP contribution in [0.5, 0.6) is 0 Å². The Labute approximate surface area is 257 Å². The molecule has 3 heterocycles. The van der Waals surface area contributed by atoms with Crippen molar-refractivity contribution in [3.8, 4) is 11.1 Å². The summed E-state index contributed by atoms with van der Waals surface area (Å²) in [6.45, 7) is 9.96. The Morgan fingerprint density at radius 2 is 1.70 bits per heavy atom. The summed E-state index contributed by atoms with van der Waals surface area (Å²) in [7, 11) is 1.54. The number of hydrogen-bond donors (Lipinski definition) is 0. The maximum atomic E-state index is 14.9. The summed E-state index contributed by atoms with van der Waals surface area (Å²) in [5.74, 6) is -0.206. The van der Waals surface area contributed by atoms with Gasteiger partial charge in [-0.15, -0.1) is 11.8 Å². The average Bonchev–Trinajstić information content (AvgIpc) is 3.10. The monoisotopic (exact) mass is 636 g/mol. The number of ether oxygens (including phenoxy) is 2. The van der Waals surface area contributed by atoms with E-state index in [1.165, 1.54) is 35.6 Å². The number of thioether (sulfide) groups is 1. The molecule has 5 rings (SSSR count). The molecule has 8 nitrogen and oxygen atoms in total. The summed E-state index contributed by atoms with van der Waals surface area (Å²) in [5.41, 5.74) is -1.74. The van der Waals surface area contributed by atoms with Gasteiger partial charge in [-0.25, -0.2) is 14.0 Å². The topological polar surface area (TPSA) is 76.9 Å². The highest BCUT2D eigenvalue weighted by molar-refractivity contribution is 7.99. The molecule has 3 atom stereocenters. The molecule has 1 amide bonds. The number of anilines is 1.